The van der Waals surface area contributed by atoms with Crippen molar-refractivity contribution < 1.29 is 9.59 Å². The summed E-state index contributed by atoms with van der Waals surface area (Å²) in [5, 5.41) is 0. The quantitative estimate of drug-likeness (QED) is 0.476. The van der Waals surface area contributed by atoms with Crippen molar-refractivity contribution in [3.8, 4) is 11.1 Å². The van der Waals surface area contributed by atoms with E-state index in [1.165, 1.54) is 11.1 Å². The number of fused-ring (bicyclic) bond motifs is 5. The second kappa shape index (κ2) is 4.51. The summed E-state index contributed by atoms with van der Waals surface area (Å²) in [6, 6.07) is 19.2. The van der Waals surface area contributed by atoms with Gasteiger partial charge in [0.15, 0.2) is 11.6 Å². The molecular formula is C22H14O2. The maximum absolute atomic E-state index is 12.9. The largest absolute Gasteiger partial charge is 0.289 e. The lowest BCUT2D eigenvalue weighted by atomic mass is 9.81. The van der Waals surface area contributed by atoms with Gasteiger partial charge in [0.1, 0.15) is 0 Å². The molecule has 0 radical (unpaired) electrons. The van der Waals surface area contributed by atoms with Crippen LogP contribution in [0.15, 0.2) is 60.7 Å². The van der Waals surface area contributed by atoms with E-state index >= 15 is 0 Å². The molecule has 2 aliphatic carbocycles. The molecule has 1 unspecified atom stereocenters. The van der Waals surface area contributed by atoms with E-state index in [1.807, 2.05) is 24.3 Å². The highest BCUT2D eigenvalue weighted by molar-refractivity contribution is 6.28. The Morgan fingerprint density at radius 1 is 0.583 bits per heavy atom. The Kier molecular flexibility index (Phi) is 2.53. The van der Waals surface area contributed by atoms with Gasteiger partial charge in [-0.3, -0.25) is 9.59 Å². The molecule has 24 heavy (non-hydrogen) atoms. The number of benzene rings is 3. The smallest absolute Gasteiger partial charge is 0.194 e. The molecular weight excluding hydrogens is 296 g/mol. The molecule has 0 spiro atoms. The Labute approximate surface area is 139 Å². The van der Waals surface area contributed by atoms with Crippen molar-refractivity contribution in [3.05, 3.63) is 94.0 Å². The van der Waals surface area contributed by atoms with Gasteiger partial charge in [0, 0.05) is 28.2 Å². The van der Waals surface area contributed by atoms with E-state index in [0.717, 1.165) is 11.1 Å². The summed E-state index contributed by atoms with van der Waals surface area (Å²) >= 11 is 0. The van der Waals surface area contributed by atoms with Gasteiger partial charge in [-0.15, -0.1) is 0 Å². The van der Waals surface area contributed by atoms with Gasteiger partial charge < -0.3 is 0 Å². The van der Waals surface area contributed by atoms with E-state index in [2.05, 4.69) is 19.1 Å². The molecule has 1 atom stereocenters. The second-order valence-electron chi connectivity index (χ2n) is 6.50. The maximum atomic E-state index is 12.9. The summed E-state index contributed by atoms with van der Waals surface area (Å²) in [6.45, 7) is 2.15. The first-order valence-electron chi connectivity index (χ1n) is 8.12. The van der Waals surface area contributed by atoms with Crippen molar-refractivity contribution in [1.29, 1.82) is 0 Å². The van der Waals surface area contributed by atoms with Crippen molar-refractivity contribution in [1.82, 2.24) is 0 Å². The minimum atomic E-state index is -0.0555. The van der Waals surface area contributed by atoms with Gasteiger partial charge in [0.25, 0.3) is 0 Å². The molecule has 0 bridgehead atoms. The fourth-order valence-corrected chi connectivity index (χ4v) is 4.04. The molecule has 0 amide bonds. The predicted molar refractivity (Wildman–Crippen MR) is 92.7 cm³/mol. The summed E-state index contributed by atoms with van der Waals surface area (Å²) in [5.41, 5.74) is 6.73. The summed E-state index contributed by atoms with van der Waals surface area (Å²) in [6.07, 6.45) is 0. The molecule has 114 valence electrons. The SMILES string of the molecule is CC1c2ccccc2-c2cc3c(cc21)C(=O)c1ccccc1C3=O. The van der Waals surface area contributed by atoms with Crippen LogP contribution in [0.25, 0.3) is 11.1 Å². The summed E-state index contributed by atoms with van der Waals surface area (Å²) in [7, 11) is 0. The number of hydrogen-bond donors (Lipinski definition) is 0. The zero-order valence-corrected chi connectivity index (χ0v) is 13.2. The Morgan fingerprint density at radius 3 is 1.79 bits per heavy atom. The van der Waals surface area contributed by atoms with Crippen LogP contribution in [0.1, 0.15) is 55.8 Å². The fourth-order valence-electron chi connectivity index (χ4n) is 4.04. The van der Waals surface area contributed by atoms with Crippen LogP contribution in [-0.4, -0.2) is 11.6 Å². The Hall–Kier alpha value is -3.00. The molecule has 0 saturated carbocycles. The van der Waals surface area contributed by atoms with Crippen LogP contribution in [0, 0.1) is 0 Å². The Bertz CT molecular complexity index is 1060. The molecule has 0 aliphatic heterocycles. The maximum Gasteiger partial charge on any atom is 0.194 e. The average molecular weight is 310 g/mol. The third kappa shape index (κ3) is 1.55. The van der Waals surface area contributed by atoms with E-state index in [4.69, 9.17) is 0 Å². The Balaban J connectivity index is 1.81. The average Bonchev–Trinajstić information content (AvgIpc) is 2.91. The zero-order valence-electron chi connectivity index (χ0n) is 13.2. The molecule has 0 aromatic heterocycles. The van der Waals surface area contributed by atoms with Crippen LogP contribution in [0.2, 0.25) is 0 Å². The normalized spacial score (nSPS) is 17.1. The third-order valence-corrected chi connectivity index (χ3v) is 5.28. The first-order valence-corrected chi connectivity index (χ1v) is 8.12. The van der Waals surface area contributed by atoms with Crippen molar-refractivity contribution in [3.63, 3.8) is 0 Å². The molecule has 0 saturated heterocycles. The van der Waals surface area contributed by atoms with Crippen molar-refractivity contribution in [2.75, 3.05) is 0 Å². The van der Waals surface area contributed by atoms with Crippen LogP contribution in [0.3, 0.4) is 0 Å². The molecule has 5 rings (SSSR count). The molecule has 3 aromatic rings. The van der Waals surface area contributed by atoms with Gasteiger partial charge in [0.2, 0.25) is 0 Å². The van der Waals surface area contributed by atoms with Crippen molar-refractivity contribution in [2.24, 2.45) is 0 Å². The molecule has 0 fully saturated rings. The minimum absolute atomic E-state index is 0.0499. The van der Waals surface area contributed by atoms with Gasteiger partial charge in [-0.05, 0) is 34.4 Å². The molecule has 0 N–H and O–H groups in total. The molecule has 3 aromatic carbocycles. The van der Waals surface area contributed by atoms with Crippen LogP contribution in [0.5, 0.6) is 0 Å². The monoisotopic (exact) mass is 310 g/mol. The first-order chi connectivity index (χ1) is 11.7. The lowest BCUT2D eigenvalue weighted by molar-refractivity contribution is 0.0979. The Morgan fingerprint density at radius 2 is 1.12 bits per heavy atom. The van der Waals surface area contributed by atoms with Crippen LogP contribution < -0.4 is 0 Å². The number of hydrogen-bond acceptors (Lipinski definition) is 2. The first kappa shape index (κ1) is 13.4. The lowest BCUT2D eigenvalue weighted by Gasteiger charge is -2.19. The van der Waals surface area contributed by atoms with Crippen LogP contribution in [-0.2, 0) is 0 Å². The van der Waals surface area contributed by atoms with E-state index in [0.29, 0.717) is 22.3 Å². The summed E-state index contributed by atoms with van der Waals surface area (Å²) in [4.78, 5) is 25.8. The summed E-state index contributed by atoms with van der Waals surface area (Å²) in [5.74, 6) is 0.132. The molecule has 2 aliphatic rings. The molecule has 2 heteroatoms. The predicted octanol–water partition coefficient (Wildman–Crippen LogP) is 4.59. The van der Waals surface area contributed by atoms with Gasteiger partial charge in [-0.1, -0.05) is 55.5 Å². The lowest BCUT2D eigenvalue weighted by Crippen LogP contribution is -2.21. The van der Waals surface area contributed by atoms with Gasteiger partial charge in [-0.25, -0.2) is 0 Å². The highest BCUT2D eigenvalue weighted by atomic mass is 16.1. The van der Waals surface area contributed by atoms with Gasteiger partial charge in [-0.2, -0.15) is 0 Å². The second-order valence-corrected chi connectivity index (χ2v) is 6.50. The number of carbonyl (C=O) groups is 2. The van der Waals surface area contributed by atoms with E-state index < -0.39 is 0 Å². The number of ketones is 2. The van der Waals surface area contributed by atoms with E-state index in [1.54, 1.807) is 24.3 Å². The third-order valence-electron chi connectivity index (χ3n) is 5.28. The van der Waals surface area contributed by atoms with Crippen LogP contribution >= 0.6 is 0 Å². The minimum Gasteiger partial charge on any atom is -0.289 e. The van der Waals surface area contributed by atoms with Gasteiger partial charge in [0.05, 0.1) is 0 Å². The molecule has 0 heterocycles. The zero-order chi connectivity index (χ0) is 16.4. The highest BCUT2D eigenvalue weighted by Crippen LogP contribution is 2.46. The van der Waals surface area contributed by atoms with Gasteiger partial charge >= 0.3 is 0 Å². The van der Waals surface area contributed by atoms with E-state index in [9.17, 15) is 9.59 Å². The fraction of sp³-hybridized carbons (Fsp3) is 0.0909. The van der Waals surface area contributed by atoms with E-state index in [-0.39, 0.29) is 17.5 Å². The van der Waals surface area contributed by atoms with Crippen molar-refractivity contribution in [2.45, 2.75) is 12.8 Å². The number of rotatable bonds is 0. The number of carbonyl (C=O) groups excluding carboxylic acids is 2. The topological polar surface area (TPSA) is 34.1 Å². The standard InChI is InChI=1S/C22H14O2/c1-12-13-6-2-3-7-14(13)18-11-20-19(10-17(12)18)21(23)15-8-4-5-9-16(15)22(20)24/h2-12H,1H3. The summed E-state index contributed by atoms with van der Waals surface area (Å²) < 4.78 is 0. The molecule has 2 nitrogen and oxygen atoms in total. The highest BCUT2D eigenvalue weighted by Gasteiger charge is 2.33. The van der Waals surface area contributed by atoms with Crippen molar-refractivity contribution >= 4 is 11.6 Å². The van der Waals surface area contributed by atoms with Crippen LogP contribution in [0.4, 0.5) is 0 Å².